The van der Waals surface area contributed by atoms with Crippen LogP contribution >= 0.6 is 11.3 Å². The van der Waals surface area contributed by atoms with Crippen molar-refractivity contribution in [1.29, 1.82) is 0 Å². The quantitative estimate of drug-likeness (QED) is 0.127. The molecule has 1 radical (unpaired) electrons. The zero-order valence-electron chi connectivity index (χ0n) is 36.7. The third-order valence-electron chi connectivity index (χ3n) is 11.4. The zero-order valence-corrected chi connectivity index (χ0v) is 41.0. The van der Waals surface area contributed by atoms with Crippen LogP contribution in [0.15, 0.2) is 140 Å². The molecule has 10 rings (SSSR count). The van der Waals surface area contributed by atoms with Gasteiger partial charge in [-0.05, 0) is 68.2 Å². The van der Waals surface area contributed by atoms with Gasteiger partial charge >= 0.3 is 120 Å². The van der Waals surface area contributed by atoms with E-state index in [9.17, 15) is 4.39 Å². The van der Waals surface area contributed by atoms with E-state index < -0.39 is 19.2 Å². The third kappa shape index (κ3) is 8.12. The Morgan fingerprint density at radius 3 is 2.23 bits per heavy atom. The minimum Gasteiger partial charge on any atom is 0 e. The number of imidazole rings is 1. The fourth-order valence-electron chi connectivity index (χ4n) is 8.16. The first-order chi connectivity index (χ1) is 29.1. The molecule has 3 nitrogen and oxygen atoms in total. The number of aromatic nitrogens is 3. The van der Waals surface area contributed by atoms with Gasteiger partial charge in [-0.1, -0.05) is 86.3 Å². The molecular weight excluding hydrogens is 1010 g/mol. The maximum atomic E-state index is 14.7. The molecule has 307 valence electrons. The van der Waals surface area contributed by atoms with Crippen molar-refractivity contribution in [1.82, 2.24) is 14.5 Å². The third-order valence-corrected chi connectivity index (χ3v) is 16.8. The SMILES string of the molecule is CC(C)(C)c1ccc(-n2c(-c3[c-]ccc4c3sc3cc5cccc(F)c5cc34)nc3c4ccccc4ccc32)cc1.[2H]C(C)(C)c1cc(-c2[c-]cccc2)nc[c]1[Ge]([CH3])([CH3])[CH3].[Ir]. The molecule has 10 aromatic rings. The molecule has 0 aliphatic rings. The van der Waals surface area contributed by atoms with Crippen LogP contribution in [0.25, 0.3) is 81.1 Å². The first-order valence-electron chi connectivity index (χ1n) is 21.0. The molecule has 0 aliphatic carbocycles. The molecule has 0 unspecified atom stereocenters. The fourth-order valence-corrected chi connectivity index (χ4v) is 12.7. The van der Waals surface area contributed by atoms with Crippen molar-refractivity contribution in [2.75, 3.05) is 0 Å². The maximum absolute atomic E-state index is 14.7. The van der Waals surface area contributed by atoms with Crippen LogP contribution in [0, 0.1) is 17.9 Å². The molecule has 0 bridgehead atoms. The van der Waals surface area contributed by atoms with E-state index in [0.717, 1.165) is 81.3 Å². The summed E-state index contributed by atoms with van der Waals surface area (Å²) in [6.45, 7) is 10.6. The summed E-state index contributed by atoms with van der Waals surface area (Å²) in [6, 6.07) is 51.7. The Balaban J connectivity index is 0.000000214. The minimum absolute atomic E-state index is 0. The van der Waals surface area contributed by atoms with Crippen LogP contribution in [0.3, 0.4) is 0 Å². The van der Waals surface area contributed by atoms with E-state index in [4.69, 9.17) is 6.35 Å². The van der Waals surface area contributed by atoms with Crippen molar-refractivity contribution in [3.8, 4) is 28.3 Å². The number of pyridine rings is 1. The first kappa shape index (κ1) is 41.4. The largest absolute Gasteiger partial charge is 0 e. The summed E-state index contributed by atoms with van der Waals surface area (Å²) in [6.07, 6.45) is 2.00. The van der Waals surface area contributed by atoms with Gasteiger partial charge in [0.1, 0.15) is 5.82 Å². The van der Waals surface area contributed by atoms with E-state index in [1.54, 1.807) is 17.4 Å². The first-order valence-corrected chi connectivity index (χ1v) is 28.7. The fraction of sp³-hybridized carbons (Fsp3) is 0.185. The Morgan fingerprint density at radius 2 is 1.51 bits per heavy atom. The van der Waals surface area contributed by atoms with Crippen LogP contribution in [-0.2, 0) is 25.5 Å². The van der Waals surface area contributed by atoms with Crippen LogP contribution in [-0.4, -0.2) is 27.8 Å². The van der Waals surface area contributed by atoms with Crippen LogP contribution in [0.5, 0.6) is 0 Å². The van der Waals surface area contributed by atoms with Crippen LogP contribution < -0.4 is 4.40 Å². The van der Waals surface area contributed by atoms with Crippen molar-refractivity contribution in [2.24, 2.45) is 0 Å². The van der Waals surface area contributed by atoms with Crippen LogP contribution in [0.4, 0.5) is 4.39 Å². The number of hydrogen-bond acceptors (Lipinski definition) is 3. The molecule has 0 saturated heterocycles. The number of halogens is 1. The minimum atomic E-state index is -2.03. The Labute approximate surface area is 379 Å². The van der Waals surface area contributed by atoms with Gasteiger partial charge in [0.2, 0.25) is 0 Å². The normalized spacial score (nSPS) is 12.4. The monoisotopic (exact) mass is 1060 g/mol. The Hall–Kier alpha value is -4.98. The molecule has 3 heterocycles. The van der Waals surface area contributed by atoms with E-state index in [1.807, 2.05) is 62.5 Å². The summed E-state index contributed by atoms with van der Waals surface area (Å²) >= 11 is -0.306. The van der Waals surface area contributed by atoms with Crippen LogP contribution in [0.2, 0.25) is 17.3 Å². The number of benzene rings is 7. The average molecular weight is 1060 g/mol. The second kappa shape index (κ2) is 16.7. The second-order valence-corrected chi connectivity index (χ2v) is 29.5. The molecule has 0 fully saturated rings. The number of fused-ring (bicyclic) bond motifs is 7. The smallest absolute Gasteiger partial charge is 0 e. The van der Waals surface area contributed by atoms with Crippen LogP contribution in [0.1, 0.15) is 53.0 Å². The van der Waals surface area contributed by atoms with Gasteiger partial charge in [-0.2, -0.15) is 11.3 Å². The summed E-state index contributed by atoms with van der Waals surface area (Å²) in [7, 11) is 0. The number of thiophene rings is 1. The van der Waals surface area contributed by atoms with Crippen molar-refractivity contribution in [3.63, 3.8) is 0 Å². The second-order valence-electron chi connectivity index (χ2n) is 17.9. The summed E-state index contributed by atoms with van der Waals surface area (Å²) in [5, 5.41) is 5.99. The van der Waals surface area contributed by atoms with Gasteiger partial charge in [0.25, 0.3) is 0 Å². The summed E-state index contributed by atoms with van der Waals surface area (Å²) in [5.41, 5.74) is 8.41. The molecule has 7 heteroatoms. The van der Waals surface area contributed by atoms with Gasteiger partial charge in [-0.25, -0.2) is 4.39 Å². The number of hydrogen-bond donors (Lipinski definition) is 0. The summed E-state index contributed by atoms with van der Waals surface area (Å²) < 4.78 is 29.0. The van der Waals surface area contributed by atoms with E-state index in [2.05, 4.69) is 139 Å². The Bertz CT molecular complexity index is 3270. The van der Waals surface area contributed by atoms with E-state index in [0.29, 0.717) is 5.39 Å². The molecular formula is C54H48FGeIrN3S-2. The summed E-state index contributed by atoms with van der Waals surface area (Å²) in [4.78, 5) is 9.95. The standard InChI is InChI=1S/C37H26FN2S.C17H22GeN.Ir/c1-37(2,3)24-15-17-25(18-16-24)40-32-19-14-22-8-4-5-10-26(22)34(32)39-36(40)28-12-7-11-27-30-21-29-23(9-6-13-31(29)38)20-33(30)41-35(27)28;1-13(2)15-11-17(14-9-7-6-8-10-14)19-12-16(15)18(3,4)5;/h4-11,13-21H,1-3H3;6-9,11-13H,1-5H3;/q2*-1;/i;13D;. The molecule has 0 N–H and O–H groups in total. The molecule has 0 aliphatic heterocycles. The molecule has 61 heavy (non-hydrogen) atoms. The molecule has 0 spiro atoms. The van der Waals surface area contributed by atoms with E-state index in [1.165, 1.54) is 16.0 Å². The zero-order chi connectivity index (χ0) is 42.8. The summed E-state index contributed by atoms with van der Waals surface area (Å²) in [5.74, 6) is 7.11. The topological polar surface area (TPSA) is 30.7 Å². The molecule has 0 atom stereocenters. The molecule has 7 aromatic carbocycles. The number of nitrogens with zero attached hydrogens (tertiary/aromatic N) is 3. The number of rotatable bonds is 5. The van der Waals surface area contributed by atoms with Crippen molar-refractivity contribution >= 4 is 81.7 Å². The molecule has 0 saturated carbocycles. The van der Waals surface area contributed by atoms with Crippen molar-refractivity contribution in [3.05, 3.63) is 169 Å². The Morgan fingerprint density at radius 1 is 0.754 bits per heavy atom. The molecule has 0 amide bonds. The van der Waals surface area contributed by atoms with Crippen molar-refractivity contribution in [2.45, 2.75) is 63.2 Å². The predicted molar refractivity (Wildman–Crippen MR) is 257 cm³/mol. The van der Waals surface area contributed by atoms with Gasteiger partial charge in [-0.3, -0.25) is 4.98 Å². The Kier molecular flexibility index (Phi) is 11.3. The van der Waals surface area contributed by atoms with Gasteiger partial charge in [-0.15, -0.1) is 18.2 Å². The average Bonchev–Trinajstić information content (AvgIpc) is 3.81. The van der Waals surface area contributed by atoms with E-state index in [-0.39, 0.29) is 31.3 Å². The van der Waals surface area contributed by atoms with Gasteiger partial charge < -0.3 is 4.57 Å². The van der Waals surface area contributed by atoms with Gasteiger partial charge in [0.15, 0.2) is 0 Å². The maximum Gasteiger partial charge on any atom is 0 e. The van der Waals surface area contributed by atoms with Gasteiger partial charge in [0, 0.05) is 41.3 Å². The molecule has 3 aromatic heterocycles. The van der Waals surface area contributed by atoms with E-state index >= 15 is 0 Å². The predicted octanol–water partition coefficient (Wildman–Crippen LogP) is 14.8. The van der Waals surface area contributed by atoms with Crippen molar-refractivity contribution < 1.29 is 25.9 Å². The van der Waals surface area contributed by atoms with Gasteiger partial charge in [0.05, 0.1) is 16.9 Å².